The average Bonchev–Trinajstić information content (AvgIpc) is 3.70. The summed E-state index contributed by atoms with van der Waals surface area (Å²) in [6, 6.07) is 9.47. The molecule has 3 aromatic carbocycles. The first-order valence-corrected chi connectivity index (χ1v) is 19.3. The molecule has 0 N–H and O–H groups in total. The molecule has 0 aliphatic rings. The predicted molar refractivity (Wildman–Crippen MR) is 190 cm³/mol. The number of nitrogens with zero attached hydrogens (tertiary/aromatic N) is 3. The summed E-state index contributed by atoms with van der Waals surface area (Å²) < 4.78 is 459. The molecule has 0 aliphatic heterocycles. The molecule has 0 saturated carbocycles. The Bertz CT molecular complexity index is 2830. The van der Waals surface area contributed by atoms with E-state index in [-0.39, 0.29) is 16.4 Å². The molecule has 0 radical (unpaired) electrons. The lowest BCUT2D eigenvalue weighted by Gasteiger charge is -2.42. The van der Waals surface area contributed by atoms with E-state index in [4.69, 9.17) is 4.42 Å². The Kier molecular flexibility index (Phi) is 15.0. The van der Waals surface area contributed by atoms with Crippen LogP contribution in [0.4, 0.5) is 140 Å². The second kappa shape index (κ2) is 18.8. The van der Waals surface area contributed by atoms with E-state index in [1.165, 1.54) is 18.2 Å². The fourth-order valence-corrected chi connectivity index (χ4v) is 6.25. The first kappa shape index (κ1) is 61.7. The van der Waals surface area contributed by atoms with Crippen LogP contribution in [0, 0.1) is 0 Å². The van der Waals surface area contributed by atoms with Crippen LogP contribution >= 0.6 is 0 Å². The number of halogens is 32. The SMILES string of the molecule is FC(F)C(F)(F)C(F)(F)C(F)(F)C(F)(F)C(F)(F)C(F)(F)C(F)(F)COc1nc(OCC(F)(F)C(F)(F)C(F)(F)C(F)(F)C(F)(F)C(F)(F)C(F)(F)C(F)F)nc(-c2ccc3c(c2)oc2cccc(-c4ccccc4)c23)n1. The van der Waals surface area contributed by atoms with Gasteiger partial charge < -0.3 is 13.9 Å². The Balaban J connectivity index is 1.60. The highest BCUT2D eigenvalue weighted by molar-refractivity contribution is 6.12. The van der Waals surface area contributed by atoms with Gasteiger partial charge in [-0.2, -0.15) is 133 Å². The number of furan rings is 1. The van der Waals surface area contributed by atoms with Gasteiger partial charge in [-0.3, -0.25) is 0 Å². The fourth-order valence-electron chi connectivity index (χ4n) is 6.25. The molecular formula is C39H17F32N3O3. The molecule has 0 spiro atoms. The van der Waals surface area contributed by atoms with Crippen LogP contribution in [0.3, 0.4) is 0 Å². The zero-order valence-corrected chi connectivity index (χ0v) is 35.6. The summed E-state index contributed by atoms with van der Waals surface area (Å²) in [5.74, 6) is -119. The number of benzene rings is 3. The van der Waals surface area contributed by atoms with Crippen molar-refractivity contribution in [2.24, 2.45) is 0 Å². The van der Waals surface area contributed by atoms with E-state index < -0.39 is 138 Å². The monoisotopic (exact) mass is 1180 g/mol. The molecule has 2 heterocycles. The number of fused-ring (bicyclic) bond motifs is 3. The van der Waals surface area contributed by atoms with Crippen LogP contribution in [0.2, 0.25) is 0 Å². The third-order valence-corrected chi connectivity index (χ3v) is 10.7. The van der Waals surface area contributed by atoms with Gasteiger partial charge in [0.1, 0.15) is 11.2 Å². The summed E-state index contributed by atoms with van der Waals surface area (Å²) in [5, 5.41) is 0.278. The highest BCUT2D eigenvalue weighted by Crippen LogP contribution is 2.65. The third-order valence-electron chi connectivity index (χ3n) is 10.7. The number of ether oxygens (including phenoxy) is 2. The summed E-state index contributed by atoms with van der Waals surface area (Å²) in [7, 11) is 0. The number of rotatable bonds is 22. The van der Waals surface area contributed by atoms with Crippen LogP contribution in [-0.2, 0) is 0 Å². The minimum atomic E-state index is -8.95. The smallest absolute Gasteiger partial charge is 0.385 e. The molecule has 0 saturated heterocycles. The van der Waals surface area contributed by atoms with E-state index in [9.17, 15) is 140 Å². The number of hydrogen-bond acceptors (Lipinski definition) is 6. The topological polar surface area (TPSA) is 70.3 Å². The predicted octanol–water partition coefficient (Wildman–Crippen LogP) is 15.3. The van der Waals surface area contributed by atoms with E-state index >= 15 is 0 Å². The van der Waals surface area contributed by atoms with Gasteiger partial charge in [-0.05, 0) is 29.3 Å². The zero-order chi connectivity index (χ0) is 59.4. The Morgan fingerprint density at radius 3 is 1.14 bits per heavy atom. The Morgan fingerprint density at radius 2 is 0.753 bits per heavy atom. The minimum Gasteiger partial charge on any atom is -0.457 e. The van der Waals surface area contributed by atoms with E-state index in [0.717, 1.165) is 12.1 Å². The summed E-state index contributed by atoms with van der Waals surface area (Å²) in [4.78, 5) is 8.48. The first-order valence-electron chi connectivity index (χ1n) is 19.3. The quantitative estimate of drug-likeness (QED) is 0.0643. The van der Waals surface area contributed by atoms with Crippen molar-refractivity contribution < 1.29 is 154 Å². The summed E-state index contributed by atoms with van der Waals surface area (Å²) >= 11 is 0. The van der Waals surface area contributed by atoms with E-state index in [1.807, 2.05) is 0 Å². The Hall–Kier alpha value is -6.17. The van der Waals surface area contributed by atoms with Gasteiger partial charge in [0, 0.05) is 16.3 Å². The largest absolute Gasteiger partial charge is 0.457 e. The van der Waals surface area contributed by atoms with Crippen molar-refractivity contribution >= 4 is 21.9 Å². The Morgan fingerprint density at radius 1 is 0.377 bits per heavy atom. The molecule has 0 unspecified atom stereocenters. The first-order chi connectivity index (χ1) is 34.4. The maximum atomic E-state index is 14.8. The van der Waals surface area contributed by atoms with Crippen molar-refractivity contribution in [2.45, 2.75) is 95.8 Å². The lowest BCUT2D eigenvalue weighted by molar-refractivity contribution is -0.447. The molecule has 0 amide bonds. The van der Waals surface area contributed by atoms with E-state index in [0.29, 0.717) is 17.2 Å². The van der Waals surface area contributed by atoms with Crippen LogP contribution in [0.5, 0.6) is 12.0 Å². The normalized spacial score (nSPS) is 15.1. The lowest BCUT2D eigenvalue weighted by atomic mass is 9.89. The van der Waals surface area contributed by atoms with Gasteiger partial charge in [-0.25, -0.2) is 17.6 Å². The van der Waals surface area contributed by atoms with E-state index in [2.05, 4.69) is 24.4 Å². The van der Waals surface area contributed by atoms with Gasteiger partial charge in [0.05, 0.1) is 0 Å². The standard InChI is InChI=1S/C39H17F32N3O3/c40-22(41)28(48,49)32(56,57)36(64,65)38(68,69)34(60,61)30(52,53)26(44,45)12-75-24-72-21(15-9-10-17-19(11-15)77-18-8-4-7-16(20(17)18)14-5-2-1-3-6-14)73-25(74-24)76-13-27(46,47)31(54,55)35(62,63)39(70,71)37(66,67)33(58,59)29(50,51)23(42)43/h1-11,22-23H,12-13H2. The zero-order valence-electron chi connectivity index (χ0n) is 35.6. The molecule has 0 aliphatic carbocycles. The van der Waals surface area contributed by atoms with Crippen molar-refractivity contribution in [2.75, 3.05) is 13.2 Å². The molecule has 77 heavy (non-hydrogen) atoms. The molecular weight excluding hydrogens is 1170 g/mol. The molecule has 38 heteroatoms. The maximum absolute atomic E-state index is 14.8. The van der Waals surface area contributed by atoms with E-state index in [1.54, 1.807) is 30.3 Å². The number of hydrogen-bond donors (Lipinski definition) is 0. The highest BCUT2D eigenvalue weighted by Gasteiger charge is 2.95. The van der Waals surface area contributed by atoms with Crippen molar-refractivity contribution in [1.82, 2.24) is 15.0 Å². The molecule has 0 bridgehead atoms. The fraction of sp³-hybridized carbons (Fsp3) is 0.462. The number of alkyl halides is 32. The third kappa shape index (κ3) is 9.01. The second-order valence-electron chi connectivity index (χ2n) is 15.7. The van der Waals surface area contributed by atoms with Gasteiger partial charge in [0.25, 0.3) is 0 Å². The van der Waals surface area contributed by atoms with Gasteiger partial charge in [0.2, 0.25) is 0 Å². The average molecular weight is 1180 g/mol. The summed E-state index contributed by atoms with van der Waals surface area (Å²) in [5.41, 5.74) is -0.396. The van der Waals surface area contributed by atoms with Gasteiger partial charge in [-0.15, -0.1) is 4.98 Å². The summed E-state index contributed by atoms with van der Waals surface area (Å²) in [6.07, 6.45) is -12.4. The molecule has 5 aromatic rings. The van der Waals surface area contributed by atoms with Crippen LogP contribution in [0.25, 0.3) is 44.5 Å². The van der Waals surface area contributed by atoms with Crippen LogP contribution in [-0.4, -0.2) is 124 Å². The molecule has 430 valence electrons. The van der Waals surface area contributed by atoms with Crippen LogP contribution in [0.15, 0.2) is 71.1 Å². The molecule has 5 rings (SSSR count). The van der Waals surface area contributed by atoms with Crippen LogP contribution in [0.1, 0.15) is 0 Å². The maximum Gasteiger partial charge on any atom is 0.385 e. The Labute approximate surface area is 401 Å². The number of aromatic nitrogens is 3. The second-order valence-corrected chi connectivity index (χ2v) is 15.7. The van der Waals surface area contributed by atoms with Crippen LogP contribution < -0.4 is 9.47 Å². The van der Waals surface area contributed by atoms with Gasteiger partial charge in [-0.1, -0.05) is 48.5 Å². The molecule has 0 fully saturated rings. The minimum absolute atomic E-state index is 0.0216. The van der Waals surface area contributed by atoms with Crippen molar-refractivity contribution in [3.05, 3.63) is 66.7 Å². The van der Waals surface area contributed by atoms with Gasteiger partial charge in [0.15, 0.2) is 19.0 Å². The molecule has 2 aromatic heterocycles. The molecule has 6 nitrogen and oxygen atoms in total. The lowest BCUT2D eigenvalue weighted by Crippen LogP contribution is -2.74. The highest BCUT2D eigenvalue weighted by atomic mass is 19.4. The molecule has 0 atom stereocenters. The van der Waals surface area contributed by atoms with Crippen molar-refractivity contribution in [1.29, 1.82) is 0 Å². The van der Waals surface area contributed by atoms with Crippen molar-refractivity contribution in [3.8, 4) is 34.5 Å². The summed E-state index contributed by atoms with van der Waals surface area (Å²) in [6.45, 7) is -7.79. The van der Waals surface area contributed by atoms with Gasteiger partial charge >= 0.3 is 108 Å². The van der Waals surface area contributed by atoms with Crippen molar-refractivity contribution in [3.63, 3.8) is 0 Å².